The minimum atomic E-state index is 0.516. The number of methoxy groups -OCH3 is 1. The number of hydrogen-bond acceptors (Lipinski definition) is 5. The number of rotatable bonds is 4. The van der Waals surface area contributed by atoms with E-state index in [1.165, 1.54) is 11.1 Å². The van der Waals surface area contributed by atoms with Crippen LogP contribution in [0.25, 0.3) is 0 Å². The van der Waals surface area contributed by atoms with Crippen molar-refractivity contribution in [1.82, 2.24) is 9.97 Å². The second-order valence-corrected chi connectivity index (χ2v) is 6.58. The average molecular weight is 367 g/mol. The predicted octanol–water partition coefficient (Wildman–Crippen LogP) is 4.44. The highest BCUT2D eigenvalue weighted by Gasteiger charge is 2.17. The number of hydrogen-bond donors (Lipinski definition) is 1. The van der Waals surface area contributed by atoms with Crippen LogP contribution in [0.5, 0.6) is 5.75 Å². The number of nitrogens with one attached hydrogen (secondary N) is 1. The van der Waals surface area contributed by atoms with E-state index in [0.717, 1.165) is 31.0 Å². The third-order valence-electron chi connectivity index (χ3n) is 4.50. The third-order valence-corrected chi connectivity index (χ3v) is 4.74. The predicted molar refractivity (Wildman–Crippen MR) is 105 cm³/mol. The number of fused-ring (bicyclic) bond motifs is 1. The molecule has 5 nitrogen and oxygen atoms in total. The van der Waals surface area contributed by atoms with Gasteiger partial charge in [0.15, 0.2) is 0 Å². The summed E-state index contributed by atoms with van der Waals surface area (Å²) in [6.07, 6.45) is 2.78. The lowest BCUT2D eigenvalue weighted by Gasteiger charge is -2.29. The van der Waals surface area contributed by atoms with Gasteiger partial charge in [-0.25, -0.2) is 4.98 Å². The van der Waals surface area contributed by atoms with Crippen molar-refractivity contribution in [3.05, 3.63) is 70.9 Å². The molecule has 0 saturated carbocycles. The molecule has 1 N–H and O–H groups in total. The Morgan fingerprint density at radius 1 is 1.12 bits per heavy atom. The minimum Gasteiger partial charge on any atom is -0.495 e. The first-order valence-corrected chi connectivity index (χ1v) is 8.86. The smallest absolute Gasteiger partial charge is 0.229 e. The number of halogens is 1. The van der Waals surface area contributed by atoms with E-state index in [9.17, 15) is 0 Å². The van der Waals surface area contributed by atoms with Gasteiger partial charge < -0.3 is 15.0 Å². The van der Waals surface area contributed by atoms with Gasteiger partial charge in [-0.3, -0.25) is 0 Å². The molecule has 6 heteroatoms. The highest BCUT2D eigenvalue weighted by molar-refractivity contribution is 6.31. The van der Waals surface area contributed by atoms with Crippen LogP contribution in [0.15, 0.2) is 54.7 Å². The second kappa shape index (κ2) is 7.22. The number of benzene rings is 2. The lowest BCUT2D eigenvalue weighted by Crippen LogP contribution is -2.31. The highest BCUT2D eigenvalue weighted by Crippen LogP contribution is 2.30. The summed E-state index contributed by atoms with van der Waals surface area (Å²) in [4.78, 5) is 11.3. The van der Waals surface area contributed by atoms with Gasteiger partial charge >= 0.3 is 0 Å². The van der Waals surface area contributed by atoms with Gasteiger partial charge in [-0.1, -0.05) is 35.9 Å². The SMILES string of the molecule is COc1ccc(Cl)cc1Nc1nccc(N2CCc3ccccc3C2)n1. The van der Waals surface area contributed by atoms with Crippen LogP contribution in [-0.2, 0) is 13.0 Å². The number of aromatic nitrogens is 2. The Balaban J connectivity index is 1.57. The molecule has 1 aromatic heterocycles. The molecule has 0 bridgehead atoms. The fourth-order valence-electron chi connectivity index (χ4n) is 3.18. The summed E-state index contributed by atoms with van der Waals surface area (Å²) in [6.45, 7) is 1.79. The van der Waals surface area contributed by atoms with Gasteiger partial charge in [0.25, 0.3) is 0 Å². The quantitative estimate of drug-likeness (QED) is 0.739. The van der Waals surface area contributed by atoms with E-state index in [-0.39, 0.29) is 0 Å². The largest absolute Gasteiger partial charge is 0.495 e. The molecule has 0 amide bonds. The first-order chi connectivity index (χ1) is 12.7. The molecule has 2 aromatic carbocycles. The molecule has 0 fully saturated rings. The van der Waals surface area contributed by atoms with E-state index < -0.39 is 0 Å². The van der Waals surface area contributed by atoms with Crippen molar-refractivity contribution in [3.63, 3.8) is 0 Å². The Morgan fingerprint density at radius 2 is 1.96 bits per heavy atom. The lowest BCUT2D eigenvalue weighted by molar-refractivity contribution is 0.417. The molecule has 0 atom stereocenters. The molecule has 0 aliphatic carbocycles. The van der Waals surface area contributed by atoms with Crippen molar-refractivity contribution in [2.45, 2.75) is 13.0 Å². The summed E-state index contributed by atoms with van der Waals surface area (Å²) in [5.41, 5.74) is 3.50. The van der Waals surface area contributed by atoms with Crippen LogP contribution in [0.3, 0.4) is 0 Å². The van der Waals surface area contributed by atoms with Gasteiger partial charge in [-0.2, -0.15) is 4.98 Å². The fourth-order valence-corrected chi connectivity index (χ4v) is 3.35. The van der Waals surface area contributed by atoms with Gasteiger partial charge in [0.2, 0.25) is 5.95 Å². The van der Waals surface area contributed by atoms with Crippen LogP contribution in [0.2, 0.25) is 5.02 Å². The minimum absolute atomic E-state index is 0.516. The maximum atomic E-state index is 6.10. The van der Waals surface area contributed by atoms with Crippen molar-refractivity contribution in [3.8, 4) is 5.75 Å². The number of ether oxygens (including phenoxy) is 1. The maximum Gasteiger partial charge on any atom is 0.229 e. The van der Waals surface area contributed by atoms with E-state index in [2.05, 4.69) is 44.5 Å². The molecule has 0 spiro atoms. The molecule has 1 aliphatic rings. The first-order valence-electron chi connectivity index (χ1n) is 8.48. The molecule has 3 aromatic rings. The second-order valence-electron chi connectivity index (χ2n) is 6.15. The standard InChI is InChI=1S/C20H19ClN4O/c1-26-18-7-6-16(21)12-17(18)23-20-22-10-8-19(24-20)25-11-9-14-4-2-3-5-15(14)13-25/h2-8,10,12H,9,11,13H2,1H3,(H,22,23,24). The van der Waals surface area contributed by atoms with Crippen molar-refractivity contribution < 1.29 is 4.74 Å². The zero-order valence-corrected chi connectivity index (χ0v) is 15.2. The molecule has 0 radical (unpaired) electrons. The maximum absolute atomic E-state index is 6.10. The lowest BCUT2D eigenvalue weighted by atomic mass is 10.00. The van der Waals surface area contributed by atoms with E-state index in [1.807, 2.05) is 12.1 Å². The van der Waals surface area contributed by atoms with Gasteiger partial charge in [0.05, 0.1) is 12.8 Å². The summed E-state index contributed by atoms with van der Waals surface area (Å²) in [7, 11) is 1.62. The summed E-state index contributed by atoms with van der Waals surface area (Å²) >= 11 is 6.10. The normalized spacial score (nSPS) is 13.2. The van der Waals surface area contributed by atoms with Crippen LogP contribution in [-0.4, -0.2) is 23.6 Å². The highest BCUT2D eigenvalue weighted by atomic mass is 35.5. The zero-order valence-electron chi connectivity index (χ0n) is 14.4. The molecular weight excluding hydrogens is 348 g/mol. The summed E-state index contributed by atoms with van der Waals surface area (Å²) in [5.74, 6) is 2.11. The van der Waals surface area contributed by atoms with Crippen molar-refractivity contribution in [2.24, 2.45) is 0 Å². The van der Waals surface area contributed by atoms with Crippen LogP contribution in [0.1, 0.15) is 11.1 Å². The average Bonchev–Trinajstić information content (AvgIpc) is 2.68. The molecule has 2 heterocycles. The molecular formula is C20H19ClN4O. The monoisotopic (exact) mass is 366 g/mol. The Bertz CT molecular complexity index is 931. The topological polar surface area (TPSA) is 50.3 Å². The summed E-state index contributed by atoms with van der Waals surface area (Å²) in [6, 6.07) is 15.9. The summed E-state index contributed by atoms with van der Waals surface area (Å²) < 4.78 is 5.37. The molecule has 4 rings (SSSR count). The molecule has 26 heavy (non-hydrogen) atoms. The Labute approximate surface area is 157 Å². The van der Waals surface area contributed by atoms with Crippen molar-refractivity contribution in [2.75, 3.05) is 23.9 Å². The van der Waals surface area contributed by atoms with Crippen LogP contribution < -0.4 is 15.0 Å². The fraction of sp³-hybridized carbons (Fsp3) is 0.200. The van der Waals surface area contributed by atoms with E-state index in [1.54, 1.807) is 25.4 Å². The third kappa shape index (κ3) is 3.44. The van der Waals surface area contributed by atoms with Crippen molar-refractivity contribution in [1.29, 1.82) is 0 Å². The molecule has 0 unspecified atom stereocenters. The van der Waals surface area contributed by atoms with E-state index in [4.69, 9.17) is 16.3 Å². The van der Waals surface area contributed by atoms with Gasteiger partial charge in [-0.15, -0.1) is 0 Å². The zero-order chi connectivity index (χ0) is 17.9. The number of nitrogens with zero attached hydrogens (tertiary/aromatic N) is 3. The molecule has 0 saturated heterocycles. The van der Waals surface area contributed by atoms with Crippen LogP contribution >= 0.6 is 11.6 Å². The Hall–Kier alpha value is -2.79. The Kier molecular flexibility index (Phi) is 4.63. The van der Waals surface area contributed by atoms with E-state index in [0.29, 0.717) is 16.7 Å². The molecule has 132 valence electrons. The van der Waals surface area contributed by atoms with Crippen molar-refractivity contribution >= 4 is 29.1 Å². The van der Waals surface area contributed by atoms with Gasteiger partial charge in [0, 0.05) is 24.3 Å². The summed E-state index contributed by atoms with van der Waals surface area (Å²) in [5, 5.41) is 3.83. The van der Waals surface area contributed by atoms with Gasteiger partial charge in [-0.05, 0) is 41.8 Å². The van der Waals surface area contributed by atoms with E-state index >= 15 is 0 Å². The first kappa shape index (κ1) is 16.7. The van der Waals surface area contributed by atoms with Crippen LogP contribution in [0.4, 0.5) is 17.5 Å². The number of anilines is 3. The molecule has 1 aliphatic heterocycles. The van der Waals surface area contributed by atoms with Crippen LogP contribution in [0, 0.1) is 0 Å². The Morgan fingerprint density at radius 3 is 2.81 bits per heavy atom. The van der Waals surface area contributed by atoms with Gasteiger partial charge in [0.1, 0.15) is 11.6 Å².